The number of nitrogens with one attached hydrogen (secondary N) is 1. The Hall–Kier alpha value is -1.56. The molecule has 0 aromatic heterocycles. The Morgan fingerprint density at radius 3 is 2.53 bits per heavy atom. The molecule has 2 nitrogen and oxygen atoms in total. The fourth-order valence-corrected chi connectivity index (χ4v) is 2.17. The number of rotatable bonds is 1. The molecule has 1 aromatic rings. The van der Waals surface area contributed by atoms with Crippen molar-refractivity contribution < 1.29 is 13.2 Å². The Bertz CT molecular complexity index is 535. The Morgan fingerprint density at radius 2 is 1.95 bits per heavy atom. The molecule has 1 aliphatic heterocycles. The van der Waals surface area contributed by atoms with Crippen molar-refractivity contribution in [2.45, 2.75) is 25.6 Å². The summed E-state index contributed by atoms with van der Waals surface area (Å²) in [5.74, 6) is 0. The average molecular weight is 286 g/mol. The summed E-state index contributed by atoms with van der Waals surface area (Å²) in [5.41, 5.74) is -0.597. The molecule has 0 fully saturated rings. The second-order valence-corrected chi connectivity index (χ2v) is 5.27. The third kappa shape index (κ3) is 3.07. The van der Waals surface area contributed by atoms with E-state index >= 15 is 0 Å². The van der Waals surface area contributed by atoms with Gasteiger partial charge in [-0.25, -0.2) is 0 Å². The Balaban J connectivity index is 2.36. The highest BCUT2D eigenvalue weighted by atomic mass is 32.1. The molecule has 0 atom stereocenters. The lowest BCUT2D eigenvalue weighted by Crippen LogP contribution is -2.51. The SMILES string of the molecule is CC1(C)C=CN(c2cccc(C(F)(F)F)c2)C(=S)N1. The van der Waals surface area contributed by atoms with E-state index in [1.165, 1.54) is 11.0 Å². The van der Waals surface area contributed by atoms with Crippen LogP contribution >= 0.6 is 12.2 Å². The van der Waals surface area contributed by atoms with Crippen LogP contribution in [0.1, 0.15) is 19.4 Å². The van der Waals surface area contributed by atoms with Crippen molar-refractivity contribution in [1.82, 2.24) is 5.32 Å². The fourth-order valence-electron chi connectivity index (χ4n) is 1.74. The zero-order chi connectivity index (χ0) is 14.3. The van der Waals surface area contributed by atoms with Crippen LogP contribution in [-0.4, -0.2) is 10.7 Å². The average Bonchev–Trinajstić information content (AvgIpc) is 2.26. The summed E-state index contributed by atoms with van der Waals surface area (Å²) in [6.45, 7) is 3.86. The Kier molecular flexibility index (Phi) is 3.30. The molecule has 0 bridgehead atoms. The lowest BCUT2D eigenvalue weighted by molar-refractivity contribution is -0.137. The lowest BCUT2D eigenvalue weighted by Gasteiger charge is -2.34. The van der Waals surface area contributed by atoms with Gasteiger partial charge in [-0.2, -0.15) is 13.2 Å². The summed E-state index contributed by atoms with van der Waals surface area (Å²) in [6, 6.07) is 5.08. The van der Waals surface area contributed by atoms with Gasteiger partial charge in [-0.05, 0) is 50.3 Å². The molecule has 0 spiro atoms. The van der Waals surface area contributed by atoms with Crippen LogP contribution < -0.4 is 10.2 Å². The predicted octanol–water partition coefficient (Wildman–Crippen LogP) is 3.69. The third-order valence-electron chi connectivity index (χ3n) is 2.74. The standard InChI is InChI=1S/C13H13F3N2S/c1-12(2)6-7-18(11(19)17-12)10-5-3-4-9(8-10)13(14,15)16/h3-8H,1-2H3,(H,17,19). The molecule has 19 heavy (non-hydrogen) atoms. The quantitative estimate of drug-likeness (QED) is 0.793. The van der Waals surface area contributed by atoms with Gasteiger partial charge in [-0.1, -0.05) is 6.07 Å². The minimum atomic E-state index is -4.36. The lowest BCUT2D eigenvalue weighted by atomic mass is 10.0. The van der Waals surface area contributed by atoms with Crippen molar-refractivity contribution >= 4 is 23.0 Å². The second-order valence-electron chi connectivity index (χ2n) is 4.89. The molecule has 0 saturated carbocycles. The molecular formula is C13H13F3N2S. The zero-order valence-electron chi connectivity index (χ0n) is 10.5. The van der Waals surface area contributed by atoms with Crippen LogP contribution in [0.3, 0.4) is 0 Å². The molecule has 0 aliphatic carbocycles. The van der Waals surface area contributed by atoms with Crippen molar-refractivity contribution in [2.75, 3.05) is 4.90 Å². The van der Waals surface area contributed by atoms with Crippen LogP contribution in [0.15, 0.2) is 36.5 Å². The van der Waals surface area contributed by atoms with Gasteiger partial charge in [0.15, 0.2) is 5.11 Å². The molecule has 0 saturated heterocycles. The first-order chi connectivity index (χ1) is 8.69. The second kappa shape index (κ2) is 4.52. The maximum Gasteiger partial charge on any atom is 0.416 e. The monoisotopic (exact) mass is 286 g/mol. The van der Waals surface area contributed by atoms with Gasteiger partial charge in [0, 0.05) is 11.9 Å². The molecule has 1 N–H and O–H groups in total. The van der Waals surface area contributed by atoms with Gasteiger partial charge in [0.2, 0.25) is 0 Å². The maximum absolute atomic E-state index is 12.7. The Labute approximate surface area is 114 Å². The van der Waals surface area contributed by atoms with Crippen LogP contribution in [0.5, 0.6) is 0 Å². The molecule has 102 valence electrons. The molecule has 1 aliphatic rings. The molecule has 1 aromatic carbocycles. The highest BCUT2D eigenvalue weighted by Crippen LogP contribution is 2.32. The zero-order valence-corrected chi connectivity index (χ0v) is 11.3. The first-order valence-corrected chi connectivity index (χ1v) is 6.08. The number of thiocarbonyl (C=S) groups is 1. The summed E-state index contributed by atoms with van der Waals surface area (Å²) >= 11 is 5.18. The van der Waals surface area contributed by atoms with E-state index in [1.54, 1.807) is 12.3 Å². The minimum Gasteiger partial charge on any atom is -0.354 e. The van der Waals surface area contributed by atoms with Gasteiger partial charge in [0.1, 0.15) is 0 Å². The van der Waals surface area contributed by atoms with Crippen LogP contribution in [0, 0.1) is 0 Å². The maximum atomic E-state index is 12.7. The van der Waals surface area contributed by atoms with Gasteiger partial charge in [-0.15, -0.1) is 0 Å². The van der Waals surface area contributed by atoms with Gasteiger partial charge in [0.05, 0.1) is 11.1 Å². The van der Waals surface area contributed by atoms with E-state index in [4.69, 9.17) is 12.2 Å². The summed E-state index contributed by atoms with van der Waals surface area (Å²) in [6.07, 6.45) is -0.818. The van der Waals surface area contributed by atoms with Crippen molar-refractivity contribution in [2.24, 2.45) is 0 Å². The summed E-state index contributed by atoms with van der Waals surface area (Å²) in [7, 11) is 0. The van der Waals surface area contributed by atoms with Gasteiger partial charge in [-0.3, -0.25) is 4.90 Å². The first kappa shape index (κ1) is 13.9. The number of halogens is 3. The molecular weight excluding hydrogens is 273 g/mol. The number of hydrogen-bond donors (Lipinski definition) is 1. The summed E-state index contributed by atoms with van der Waals surface area (Å²) in [5, 5.41) is 3.43. The van der Waals surface area contributed by atoms with E-state index < -0.39 is 11.7 Å². The van der Waals surface area contributed by atoms with Gasteiger partial charge < -0.3 is 5.32 Å². The van der Waals surface area contributed by atoms with E-state index in [0.717, 1.165) is 12.1 Å². The van der Waals surface area contributed by atoms with E-state index in [9.17, 15) is 13.2 Å². The first-order valence-electron chi connectivity index (χ1n) is 5.67. The number of hydrogen-bond acceptors (Lipinski definition) is 1. The predicted molar refractivity (Wildman–Crippen MR) is 72.9 cm³/mol. The number of alkyl halides is 3. The molecule has 6 heteroatoms. The van der Waals surface area contributed by atoms with E-state index in [1.807, 2.05) is 19.9 Å². The highest BCUT2D eigenvalue weighted by molar-refractivity contribution is 7.80. The van der Waals surface area contributed by atoms with E-state index in [-0.39, 0.29) is 5.54 Å². The highest BCUT2D eigenvalue weighted by Gasteiger charge is 2.31. The Morgan fingerprint density at radius 1 is 1.26 bits per heavy atom. The van der Waals surface area contributed by atoms with Crippen molar-refractivity contribution in [3.63, 3.8) is 0 Å². The minimum absolute atomic E-state index is 0.296. The van der Waals surface area contributed by atoms with Crippen molar-refractivity contribution in [3.05, 3.63) is 42.1 Å². The van der Waals surface area contributed by atoms with Crippen LogP contribution in [0.25, 0.3) is 0 Å². The third-order valence-corrected chi connectivity index (χ3v) is 3.04. The number of benzene rings is 1. The van der Waals surface area contributed by atoms with E-state index in [2.05, 4.69) is 5.32 Å². The summed E-state index contributed by atoms with van der Waals surface area (Å²) in [4.78, 5) is 1.52. The summed E-state index contributed by atoms with van der Waals surface area (Å²) < 4.78 is 38.0. The van der Waals surface area contributed by atoms with Crippen molar-refractivity contribution in [1.29, 1.82) is 0 Å². The topological polar surface area (TPSA) is 15.3 Å². The van der Waals surface area contributed by atoms with E-state index in [0.29, 0.717) is 10.8 Å². The van der Waals surface area contributed by atoms with Crippen LogP contribution in [0.2, 0.25) is 0 Å². The van der Waals surface area contributed by atoms with Crippen molar-refractivity contribution in [3.8, 4) is 0 Å². The normalized spacial score (nSPS) is 18.4. The van der Waals surface area contributed by atoms with Gasteiger partial charge >= 0.3 is 6.18 Å². The number of anilines is 1. The van der Waals surface area contributed by atoms with Crippen LogP contribution in [-0.2, 0) is 6.18 Å². The molecule has 0 amide bonds. The molecule has 0 radical (unpaired) electrons. The van der Waals surface area contributed by atoms with Gasteiger partial charge in [0.25, 0.3) is 0 Å². The smallest absolute Gasteiger partial charge is 0.354 e. The molecule has 1 heterocycles. The fraction of sp³-hybridized carbons (Fsp3) is 0.308. The van der Waals surface area contributed by atoms with Crippen LogP contribution in [0.4, 0.5) is 18.9 Å². The molecule has 0 unspecified atom stereocenters. The molecule has 2 rings (SSSR count). The number of nitrogens with zero attached hydrogens (tertiary/aromatic N) is 1. The largest absolute Gasteiger partial charge is 0.416 e.